The SMILES string of the molecule is COC1CCN(c2ccc(NC(=O)CN3C(=O)CCC3=O)cc2)CC1. The lowest BCUT2D eigenvalue weighted by molar-refractivity contribution is -0.141. The van der Waals surface area contributed by atoms with Gasteiger partial charge in [0.2, 0.25) is 17.7 Å². The smallest absolute Gasteiger partial charge is 0.244 e. The molecule has 0 radical (unpaired) electrons. The third-order valence-electron chi connectivity index (χ3n) is 4.75. The number of nitrogens with zero attached hydrogens (tertiary/aromatic N) is 2. The number of nitrogens with one attached hydrogen (secondary N) is 1. The number of amides is 3. The molecule has 0 aliphatic carbocycles. The maximum Gasteiger partial charge on any atom is 0.244 e. The largest absolute Gasteiger partial charge is 0.381 e. The fourth-order valence-corrected chi connectivity index (χ4v) is 3.25. The average Bonchev–Trinajstić information content (AvgIpc) is 2.94. The lowest BCUT2D eigenvalue weighted by atomic mass is 10.1. The topological polar surface area (TPSA) is 79.0 Å². The Morgan fingerprint density at radius 2 is 1.72 bits per heavy atom. The normalized spacial score (nSPS) is 18.8. The van der Waals surface area contributed by atoms with E-state index in [-0.39, 0.29) is 37.1 Å². The highest BCUT2D eigenvalue weighted by Gasteiger charge is 2.30. The van der Waals surface area contributed by atoms with Gasteiger partial charge in [0.1, 0.15) is 6.54 Å². The van der Waals surface area contributed by atoms with Crippen LogP contribution in [0, 0.1) is 0 Å². The number of hydrogen-bond donors (Lipinski definition) is 1. The van der Waals surface area contributed by atoms with Crippen LogP contribution in [0.5, 0.6) is 0 Å². The van der Waals surface area contributed by atoms with Gasteiger partial charge in [-0.3, -0.25) is 19.3 Å². The molecule has 0 saturated carbocycles. The molecule has 0 unspecified atom stereocenters. The van der Waals surface area contributed by atoms with Crippen LogP contribution in [-0.2, 0) is 19.1 Å². The van der Waals surface area contributed by atoms with Gasteiger partial charge in [-0.15, -0.1) is 0 Å². The molecule has 0 bridgehead atoms. The number of benzene rings is 1. The molecule has 25 heavy (non-hydrogen) atoms. The van der Waals surface area contributed by atoms with Crippen molar-refractivity contribution in [2.24, 2.45) is 0 Å². The summed E-state index contributed by atoms with van der Waals surface area (Å²) in [5, 5.41) is 2.73. The summed E-state index contributed by atoms with van der Waals surface area (Å²) in [4.78, 5) is 38.4. The van der Waals surface area contributed by atoms with Gasteiger partial charge in [-0.2, -0.15) is 0 Å². The highest BCUT2D eigenvalue weighted by Crippen LogP contribution is 2.23. The van der Waals surface area contributed by atoms with E-state index in [1.54, 1.807) is 7.11 Å². The van der Waals surface area contributed by atoms with E-state index in [1.807, 2.05) is 24.3 Å². The van der Waals surface area contributed by atoms with E-state index < -0.39 is 0 Å². The number of rotatable bonds is 5. The monoisotopic (exact) mass is 345 g/mol. The lowest BCUT2D eigenvalue weighted by Crippen LogP contribution is -2.37. The predicted octanol–water partition coefficient (Wildman–Crippen LogP) is 1.39. The number of anilines is 2. The molecule has 0 atom stereocenters. The Hall–Kier alpha value is -2.41. The molecule has 2 aliphatic heterocycles. The van der Waals surface area contributed by atoms with Gasteiger partial charge in [0.25, 0.3) is 0 Å². The van der Waals surface area contributed by atoms with Crippen LogP contribution in [0.4, 0.5) is 11.4 Å². The molecule has 3 rings (SSSR count). The molecule has 7 nitrogen and oxygen atoms in total. The number of imide groups is 1. The number of hydrogen-bond acceptors (Lipinski definition) is 5. The average molecular weight is 345 g/mol. The van der Waals surface area contributed by atoms with Gasteiger partial charge in [-0.05, 0) is 37.1 Å². The van der Waals surface area contributed by atoms with Crippen molar-refractivity contribution in [2.75, 3.05) is 37.0 Å². The lowest BCUT2D eigenvalue weighted by Gasteiger charge is -2.33. The Morgan fingerprint density at radius 3 is 2.28 bits per heavy atom. The van der Waals surface area contributed by atoms with Crippen molar-refractivity contribution in [3.05, 3.63) is 24.3 Å². The number of ether oxygens (including phenoxy) is 1. The molecule has 1 aromatic rings. The summed E-state index contributed by atoms with van der Waals surface area (Å²) in [7, 11) is 1.75. The molecule has 2 heterocycles. The molecule has 7 heteroatoms. The summed E-state index contributed by atoms with van der Waals surface area (Å²) in [6.45, 7) is 1.68. The van der Waals surface area contributed by atoms with Crippen LogP contribution in [0.25, 0.3) is 0 Å². The van der Waals surface area contributed by atoms with Crippen LogP contribution >= 0.6 is 0 Å². The van der Waals surface area contributed by atoms with Gasteiger partial charge in [0.05, 0.1) is 6.10 Å². The Morgan fingerprint density at radius 1 is 1.12 bits per heavy atom. The molecular formula is C18H23N3O4. The highest BCUT2D eigenvalue weighted by atomic mass is 16.5. The number of methoxy groups -OCH3 is 1. The van der Waals surface area contributed by atoms with Crippen LogP contribution in [0.3, 0.4) is 0 Å². The quantitative estimate of drug-likeness (QED) is 0.816. The third-order valence-corrected chi connectivity index (χ3v) is 4.75. The van der Waals surface area contributed by atoms with Crippen LogP contribution in [0.2, 0.25) is 0 Å². The van der Waals surface area contributed by atoms with E-state index in [9.17, 15) is 14.4 Å². The van der Waals surface area contributed by atoms with Gasteiger partial charge in [-0.25, -0.2) is 0 Å². The van der Waals surface area contributed by atoms with Crippen LogP contribution in [-0.4, -0.2) is 55.5 Å². The second kappa shape index (κ2) is 7.65. The zero-order valence-electron chi connectivity index (χ0n) is 14.4. The van der Waals surface area contributed by atoms with E-state index >= 15 is 0 Å². The summed E-state index contributed by atoms with van der Waals surface area (Å²) >= 11 is 0. The van der Waals surface area contributed by atoms with Gasteiger partial charge < -0.3 is 15.0 Å². The maximum atomic E-state index is 12.0. The molecule has 2 aliphatic rings. The van der Waals surface area contributed by atoms with Crippen LogP contribution in [0.1, 0.15) is 25.7 Å². The van der Waals surface area contributed by atoms with E-state index in [4.69, 9.17) is 4.74 Å². The standard InChI is InChI=1S/C18H23N3O4/c1-25-15-8-10-20(11-9-15)14-4-2-13(3-5-14)19-16(22)12-21-17(23)6-7-18(21)24/h2-5,15H,6-12H2,1H3,(H,19,22). The highest BCUT2D eigenvalue weighted by molar-refractivity contribution is 6.06. The Labute approximate surface area is 146 Å². The van der Waals surface area contributed by atoms with Crippen molar-refractivity contribution in [3.63, 3.8) is 0 Å². The minimum absolute atomic E-state index is 0.195. The van der Waals surface area contributed by atoms with Crippen LogP contribution < -0.4 is 10.2 Å². The summed E-state index contributed by atoms with van der Waals surface area (Å²) in [6.07, 6.45) is 2.74. The van der Waals surface area contributed by atoms with E-state index in [0.717, 1.165) is 36.5 Å². The number of likely N-dealkylation sites (tertiary alicyclic amines) is 1. The fraction of sp³-hybridized carbons (Fsp3) is 0.500. The molecule has 2 fully saturated rings. The minimum atomic E-state index is -0.364. The summed E-state index contributed by atoms with van der Waals surface area (Å²) in [5.41, 5.74) is 1.76. The maximum absolute atomic E-state index is 12.0. The molecule has 3 amide bonds. The molecule has 0 aromatic heterocycles. The number of carbonyl (C=O) groups excluding carboxylic acids is 3. The van der Waals surface area contributed by atoms with Crippen LogP contribution in [0.15, 0.2) is 24.3 Å². The van der Waals surface area contributed by atoms with Gasteiger partial charge in [0.15, 0.2) is 0 Å². The van der Waals surface area contributed by atoms with Crippen molar-refractivity contribution in [2.45, 2.75) is 31.8 Å². The Balaban J connectivity index is 1.53. The number of carbonyl (C=O) groups is 3. The second-order valence-corrected chi connectivity index (χ2v) is 6.39. The summed E-state index contributed by atoms with van der Waals surface area (Å²) in [6, 6.07) is 7.61. The first-order chi connectivity index (χ1) is 12.1. The minimum Gasteiger partial charge on any atom is -0.381 e. The number of piperidine rings is 1. The Kier molecular flexibility index (Phi) is 5.33. The molecule has 2 saturated heterocycles. The van der Waals surface area contributed by atoms with Crippen molar-refractivity contribution < 1.29 is 19.1 Å². The first-order valence-corrected chi connectivity index (χ1v) is 8.57. The first kappa shape index (κ1) is 17.4. The van der Waals surface area contributed by atoms with E-state index in [0.29, 0.717) is 11.8 Å². The molecular weight excluding hydrogens is 322 g/mol. The zero-order valence-corrected chi connectivity index (χ0v) is 14.4. The summed E-state index contributed by atoms with van der Waals surface area (Å²) < 4.78 is 5.38. The zero-order chi connectivity index (χ0) is 17.8. The molecule has 1 N–H and O–H groups in total. The van der Waals surface area contributed by atoms with Gasteiger partial charge in [-0.1, -0.05) is 0 Å². The molecule has 0 spiro atoms. The fourth-order valence-electron chi connectivity index (χ4n) is 3.25. The summed E-state index contributed by atoms with van der Waals surface area (Å²) in [5.74, 6) is -0.929. The Bertz CT molecular complexity index is 635. The van der Waals surface area contributed by atoms with Gasteiger partial charge >= 0.3 is 0 Å². The van der Waals surface area contributed by atoms with Crippen molar-refractivity contribution in [1.82, 2.24) is 4.90 Å². The third kappa shape index (κ3) is 4.17. The second-order valence-electron chi connectivity index (χ2n) is 6.39. The van der Waals surface area contributed by atoms with Crippen molar-refractivity contribution in [3.8, 4) is 0 Å². The predicted molar refractivity (Wildman–Crippen MR) is 93.3 cm³/mol. The van der Waals surface area contributed by atoms with Gasteiger partial charge in [0, 0.05) is 44.4 Å². The first-order valence-electron chi connectivity index (χ1n) is 8.57. The van der Waals surface area contributed by atoms with Crippen molar-refractivity contribution >= 4 is 29.1 Å². The molecule has 134 valence electrons. The molecule has 1 aromatic carbocycles. The van der Waals surface area contributed by atoms with E-state index in [2.05, 4.69) is 10.2 Å². The van der Waals surface area contributed by atoms with Crippen molar-refractivity contribution in [1.29, 1.82) is 0 Å². The van der Waals surface area contributed by atoms with E-state index in [1.165, 1.54) is 0 Å².